The van der Waals surface area contributed by atoms with Gasteiger partial charge in [-0.2, -0.15) is 5.10 Å². The summed E-state index contributed by atoms with van der Waals surface area (Å²) < 4.78 is 6.97. The van der Waals surface area contributed by atoms with Crippen LogP contribution < -0.4 is 5.32 Å². The molecule has 6 nitrogen and oxygen atoms in total. The lowest BCUT2D eigenvalue weighted by Crippen LogP contribution is -2.39. The van der Waals surface area contributed by atoms with Crippen LogP contribution >= 0.6 is 0 Å². The molecule has 0 aliphatic rings. The fourth-order valence-corrected chi connectivity index (χ4v) is 2.01. The number of amides is 1. The van der Waals surface area contributed by atoms with Gasteiger partial charge in [0.1, 0.15) is 0 Å². The van der Waals surface area contributed by atoms with Gasteiger partial charge < -0.3 is 10.1 Å². The molecular weight excluding hydrogens is 294 g/mol. The van der Waals surface area contributed by atoms with Crippen LogP contribution in [0.3, 0.4) is 0 Å². The zero-order valence-electron chi connectivity index (χ0n) is 13.5. The number of hydrogen-bond acceptors (Lipinski definition) is 4. The Morgan fingerprint density at radius 2 is 1.91 bits per heavy atom. The summed E-state index contributed by atoms with van der Waals surface area (Å²) in [6.07, 6.45) is 2.76. The minimum atomic E-state index is -0.825. The molecule has 6 heteroatoms. The van der Waals surface area contributed by atoms with Crippen molar-refractivity contribution in [3.8, 4) is 0 Å². The van der Waals surface area contributed by atoms with E-state index in [1.165, 1.54) is 0 Å². The second-order valence-electron chi connectivity index (χ2n) is 5.61. The van der Waals surface area contributed by atoms with Gasteiger partial charge in [-0.1, -0.05) is 12.1 Å². The number of nitrogens with zero attached hydrogens (tertiary/aromatic N) is 2. The third-order valence-corrected chi connectivity index (χ3v) is 3.18. The molecule has 0 saturated heterocycles. The van der Waals surface area contributed by atoms with Crippen molar-refractivity contribution in [3.05, 3.63) is 53.9 Å². The van der Waals surface area contributed by atoms with Crippen LogP contribution in [0.15, 0.2) is 42.7 Å². The van der Waals surface area contributed by atoms with Gasteiger partial charge in [0, 0.05) is 18.4 Å². The smallest absolute Gasteiger partial charge is 0.338 e. The number of aromatic nitrogens is 2. The van der Waals surface area contributed by atoms with Gasteiger partial charge in [0.25, 0.3) is 5.91 Å². The second-order valence-corrected chi connectivity index (χ2v) is 5.61. The third-order valence-electron chi connectivity index (χ3n) is 3.18. The number of rotatable bonds is 6. The minimum absolute atomic E-state index is 0.00484. The molecular formula is C17H21N3O3. The zero-order chi connectivity index (χ0) is 16.8. The van der Waals surface area contributed by atoms with Gasteiger partial charge >= 0.3 is 5.97 Å². The topological polar surface area (TPSA) is 73.2 Å². The summed E-state index contributed by atoms with van der Waals surface area (Å²) in [5, 5.41) is 6.84. The summed E-state index contributed by atoms with van der Waals surface area (Å²) in [5.74, 6) is -0.814. The average Bonchev–Trinajstić information content (AvgIpc) is 3.00. The molecule has 1 aromatic carbocycles. The Kier molecular flexibility index (Phi) is 5.51. The first-order valence-electron chi connectivity index (χ1n) is 7.53. The van der Waals surface area contributed by atoms with Gasteiger partial charge in [-0.25, -0.2) is 4.79 Å². The van der Waals surface area contributed by atoms with Crippen molar-refractivity contribution in [2.45, 2.75) is 39.5 Å². The predicted octanol–water partition coefficient (Wildman–Crippen LogP) is 2.00. The van der Waals surface area contributed by atoms with E-state index in [-0.39, 0.29) is 11.9 Å². The molecule has 0 saturated carbocycles. The van der Waals surface area contributed by atoms with Gasteiger partial charge in [-0.3, -0.25) is 9.48 Å². The molecule has 1 amide bonds. The van der Waals surface area contributed by atoms with E-state index in [1.807, 2.05) is 38.2 Å². The van der Waals surface area contributed by atoms with Crippen molar-refractivity contribution >= 4 is 11.9 Å². The fraction of sp³-hybridized carbons (Fsp3) is 0.353. The maximum absolute atomic E-state index is 12.1. The average molecular weight is 315 g/mol. The van der Waals surface area contributed by atoms with Crippen LogP contribution in [0.4, 0.5) is 0 Å². The van der Waals surface area contributed by atoms with Gasteiger partial charge in [0.15, 0.2) is 6.10 Å². The highest BCUT2D eigenvalue weighted by atomic mass is 16.5. The van der Waals surface area contributed by atoms with Gasteiger partial charge in [0.05, 0.1) is 12.1 Å². The van der Waals surface area contributed by atoms with E-state index in [0.29, 0.717) is 12.1 Å². The first-order valence-corrected chi connectivity index (χ1v) is 7.53. The third kappa shape index (κ3) is 4.95. The summed E-state index contributed by atoms with van der Waals surface area (Å²) >= 11 is 0. The quantitative estimate of drug-likeness (QED) is 0.828. The SMILES string of the molecule is CC(C)NC(=O)C(C)OC(=O)c1ccc(Cn2cccn2)cc1. The van der Waals surface area contributed by atoms with Crippen LogP contribution in [0.5, 0.6) is 0 Å². The fourth-order valence-electron chi connectivity index (χ4n) is 2.01. The Morgan fingerprint density at radius 1 is 1.22 bits per heavy atom. The van der Waals surface area contributed by atoms with Crippen LogP contribution in [0.1, 0.15) is 36.7 Å². The van der Waals surface area contributed by atoms with Crippen molar-refractivity contribution in [1.82, 2.24) is 15.1 Å². The monoisotopic (exact) mass is 315 g/mol. The molecule has 2 rings (SSSR count). The lowest BCUT2D eigenvalue weighted by molar-refractivity contribution is -0.129. The standard InChI is InChI=1S/C17H21N3O3/c1-12(2)19-16(21)13(3)23-17(22)15-7-5-14(6-8-15)11-20-10-4-9-18-20/h4-10,12-13H,11H2,1-3H3,(H,19,21). The zero-order valence-corrected chi connectivity index (χ0v) is 13.5. The summed E-state index contributed by atoms with van der Waals surface area (Å²) in [6.45, 7) is 5.90. The Morgan fingerprint density at radius 3 is 2.48 bits per heavy atom. The molecule has 0 spiro atoms. The Labute approximate surface area is 135 Å². The number of benzene rings is 1. The van der Waals surface area contributed by atoms with E-state index in [2.05, 4.69) is 10.4 Å². The Balaban J connectivity index is 1.93. The van der Waals surface area contributed by atoms with Crippen molar-refractivity contribution in [2.24, 2.45) is 0 Å². The molecule has 0 aliphatic heterocycles. The van der Waals surface area contributed by atoms with Crippen LogP contribution in [-0.4, -0.2) is 33.8 Å². The Hall–Kier alpha value is -2.63. The number of esters is 1. The number of nitrogens with one attached hydrogen (secondary N) is 1. The molecule has 1 atom stereocenters. The van der Waals surface area contributed by atoms with E-state index in [4.69, 9.17) is 4.74 Å². The number of ether oxygens (including phenoxy) is 1. The molecule has 0 radical (unpaired) electrons. The second kappa shape index (κ2) is 7.58. The highest BCUT2D eigenvalue weighted by Gasteiger charge is 2.19. The molecule has 2 aromatic rings. The molecule has 1 heterocycles. The van der Waals surface area contributed by atoms with Crippen LogP contribution in [0, 0.1) is 0 Å². The van der Waals surface area contributed by atoms with Gasteiger partial charge in [0.2, 0.25) is 0 Å². The minimum Gasteiger partial charge on any atom is -0.449 e. The van der Waals surface area contributed by atoms with Crippen LogP contribution in [0.2, 0.25) is 0 Å². The van der Waals surface area contributed by atoms with E-state index >= 15 is 0 Å². The summed E-state index contributed by atoms with van der Waals surface area (Å²) in [6, 6.07) is 8.93. The maximum atomic E-state index is 12.1. The lowest BCUT2D eigenvalue weighted by Gasteiger charge is -2.15. The molecule has 23 heavy (non-hydrogen) atoms. The number of carbonyl (C=O) groups excluding carboxylic acids is 2. The van der Waals surface area contributed by atoms with Crippen molar-refractivity contribution in [3.63, 3.8) is 0 Å². The molecule has 0 fully saturated rings. The summed E-state index contributed by atoms with van der Waals surface area (Å²) in [5.41, 5.74) is 1.44. The van der Waals surface area contributed by atoms with Crippen molar-refractivity contribution in [1.29, 1.82) is 0 Å². The molecule has 0 aliphatic carbocycles. The van der Waals surface area contributed by atoms with E-state index in [9.17, 15) is 9.59 Å². The van der Waals surface area contributed by atoms with Gasteiger partial charge in [-0.05, 0) is 44.5 Å². The number of hydrogen-bond donors (Lipinski definition) is 1. The highest BCUT2D eigenvalue weighted by molar-refractivity contribution is 5.92. The predicted molar refractivity (Wildman–Crippen MR) is 85.9 cm³/mol. The number of carbonyl (C=O) groups is 2. The van der Waals surface area contributed by atoms with E-state index in [1.54, 1.807) is 29.9 Å². The van der Waals surface area contributed by atoms with Crippen molar-refractivity contribution < 1.29 is 14.3 Å². The van der Waals surface area contributed by atoms with Gasteiger partial charge in [-0.15, -0.1) is 0 Å². The normalized spacial score (nSPS) is 12.0. The van der Waals surface area contributed by atoms with E-state index < -0.39 is 12.1 Å². The summed E-state index contributed by atoms with van der Waals surface area (Å²) in [7, 11) is 0. The highest BCUT2D eigenvalue weighted by Crippen LogP contribution is 2.09. The van der Waals surface area contributed by atoms with Crippen molar-refractivity contribution in [2.75, 3.05) is 0 Å². The molecule has 1 unspecified atom stereocenters. The first-order chi connectivity index (χ1) is 11.0. The molecule has 122 valence electrons. The molecule has 1 aromatic heterocycles. The van der Waals surface area contributed by atoms with E-state index in [0.717, 1.165) is 5.56 Å². The first kappa shape index (κ1) is 16.7. The maximum Gasteiger partial charge on any atom is 0.338 e. The van der Waals surface area contributed by atoms with Crippen LogP contribution in [0.25, 0.3) is 0 Å². The molecule has 1 N–H and O–H groups in total. The Bertz CT molecular complexity index is 648. The lowest BCUT2D eigenvalue weighted by atomic mass is 10.1. The van der Waals surface area contributed by atoms with Crippen LogP contribution in [-0.2, 0) is 16.1 Å². The summed E-state index contributed by atoms with van der Waals surface area (Å²) in [4.78, 5) is 23.8. The molecule has 0 bridgehead atoms. The largest absolute Gasteiger partial charge is 0.449 e.